The Balaban J connectivity index is 2.29. The Labute approximate surface area is 122 Å². The van der Waals surface area contributed by atoms with Crippen LogP contribution in [-0.2, 0) is 0 Å². The average molecular weight is 321 g/mol. The molecule has 100 valence electrons. The predicted molar refractivity (Wildman–Crippen MR) is 80.8 cm³/mol. The number of aliphatic hydroxyl groups excluding tert-OH is 1. The highest BCUT2D eigenvalue weighted by atomic mass is 79.9. The van der Waals surface area contributed by atoms with Crippen LogP contribution in [0.25, 0.3) is 0 Å². The van der Waals surface area contributed by atoms with Gasteiger partial charge in [-0.2, -0.15) is 0 Å². The van der Waals surface area contributed by atoms with E-state index in [1.54, 1.807) is 6.92 Å². The first-order chi connectivity index (χ1) is 8.99. The number of aliphatic hydroxyl groups is 1. The van der Waals surface area contributed by atoms with Crippen molar-refractivity contribution in [2.45, 2.75) is 26.9 Å². The molecule has 1 N–H and O–H groups in total. The first-order valence-corrected chi connectivity index (χ1v) is 7.00. The molecule has 0 amide bonds. The van der Waals surface area contributed by atoms with Crippen LogP contribution in [0, 0.1) is 13.8 Å². The SMILES string of the molecule is Cc1cccc(Oc2ccc(C(C)O)c(Br)c2)c1C. The standard InChI is InChI=1S/C16H17BrO2/c1-10-5-4-6-16(11(10)2)19-13-7-8-14(12(3)18)15(17)9-13/h4-9,12,18H,1-3H3. The summed E-state index contributed by atoms with van der Waals surface area (Å²) in [5.74, 6) is 1.61. The Morgan fingerprint density at radius 2 is 1.89 bits per heavy atom. The molecule has 0 heterocycles. The van der Waals surface area contributed by atoms with E-state index in [9.17, 15) is 5.11 Å². The van der Waals surface area contributed by atoms with E-state index in [0.29, 0.717) is 0 Å². The zero-order valence-electron chi connectivity index (χ0n) is 11.3. The second-order valence-electron chi connectivity index (χ2n) is 4.66. The first-order valence-electron chi connectivity index (χ1n) is 6.20. The number of ether oxygens (including phenoxy) is 1. The summed E-state index contributed by atoms with van der Waals surface area (Å²) in [6, 6.07) is 11.6. The van der Waals surface area contributed by atoms with E-state index in [4.69, 9.17) is 4.74 Å². The quantitative estimate of drug-likeness (QED) is 0.870. The minimum atomic E-state index is -0.496. The maximum Gasteiger partial charge on any atom is 0.130 e. The summed E-state index contributed by atoms with van der Waals surface area (Å²) < 4.78 is 6.75. The van der Waals surface area contributed by atoms with Crippen LogP contribution >= 0.6 is 15.9 Å². The Morgan fingerprint density at radius 3 is 2.53 bits per heavy atom. The molecule has 0 saturated carbocycles. The van der Waals surface area contributed by atoms with Gasteiger partial charge in [0.15, 0.2) is 0 Å². The predicted octanol–water partition coefficient (Wildman–Crippen LogP) is 4.91. The topological polar surface area (TPSA) is 29.5 Å². The van der Waals surface area contributed by atoms with E-state index in [-0.39, 0.29) is 0 Å². The zero-order chi connectivity index (χ0) is 14.0. The van der Waals surface area contributed by atoms with E-state index in [2.05, 4.69) is 28.9 Å². The second kappa shape index (κ2) is 5.76. The summed E-state index contributed by atoms with van der Waals surface area (Å²) in [6.45, 7) is 5.85. The van der Waals surface area contributed by atoms with Crippen molar-refractivity contribution in [1.29, 1.82) is 0 Å². The summed E-state index contributed by atoms with van der Waals surface area (Å²) in [7, 11) is 0. The fraction of sp³-hybridized carbons (Fsp3) is 0.250. The van der Waals surface area contributed by atoms with E-state index >= 15 is 0 Å². The molecule has 0 aromatic heterocycles. The summed E-state index contributed by atoms with van der Waals surface area (Å²) in [6.07, 6.45) is -0.496. The van der Waals surface area contributed by atoms with Crippen LogP contribution in [0.4, 0.5) is 0 Å². The maximum atomic E-state index is 9.59. The van der Waals surface area contributed by atoms with Crippen molar-refractivity contribution >= 4 is 15.9 Å². The number of rotatable bonds is 3. The summed E-state index contributed by atoms with van der Waals surface area (Å²) in [4.78, 5) is 0. The Morgan fingerprint density at radius 1 is 1.16 bits per heavy atom. The van der Waals surface area contributed by atoms with Crippen LogP contribution in [0.1, 0.15) is 29.7 Å². The summed E-state index contributed by atoms with van der Waals surface area (Å²) in [5, 5.41) is 9.59. The highest BCUT2D eigenvalue weighted by Gasteiger charge is 2.09. The molecule has 2 aromatic rings. The molecule has 19 heavy (non-hydrogen) atoms. The van der Waals surface area contributed by atoms with E-state index in [0.717, 1.165) is 27.1 Å². The van der Waals surface area contributed by atoms with Gasteiger partial charge in [-0.15, -0.1) is 0 Å². The third-order valence-corrected chi connectivity index (χ3v) is 3.89. The molecule has 0 aliphatic rings. The second-order valence-corrected chi connectivity index (χ2v) is 5.51. The highest BCUT2D eigenvalue weighted by molar-refractivity contribution is 9.10. The van der Waals surface area contributed by atoms with Crippen molar-refractivity contribution in [2.75, 3.05) is 0 Å². The fourth-order valence-electron chi connectivity index (χ4n) is 1.87. The normalized spacial score (nSPS) is 12.3. The van der Waals surface area contributed by atoms with E-state index < -0.39 is 6.10 Å². The molecule has 0 spiro atoms. The molecule has 0 saturated heterocycles. The molecule has 0 bridgehead atoms. The van der Waals surface area contributed by atoms with Gasteiger partial charge < -0.3 is 9.84 Å². The lowest BCUT2D eigenvalue weighted by Crippen LogP contribution is -1.94. The van der Waals surface area contributed by atoms with Gasteiger partial charge >= 0.3 is 0 Å². The molecular formula is C16H17BrO2. The maximum absolute atomic E-state index is 9.59. The molecule has 0 aliphatic heterocycles. The average Bonchev–Trinajstić information content (AvgIpc) is 2.34. The lowest BCUT2D eigenvalue weighted by atomic mass is 10.1. The van der Waals surface area contributed by atoms with Gasteiger partial charge in [-0.05, 0) is 55.7 Å². The number of halogens is 1. The van der Waals surface area contributed by atoms with Crippen LogP contribution in [0.5, 0.6) is 11.5 Å². The third-order valence-electron chi connectivity index (χ3n) is 3.20. The Bertz CT molecular complexity index is 591. The summed E-state index contributed by atoms with van der Waals surface area (Å²) >= 11 is 3.45. The van der Waals surface area contributed by atoms with Crippen LogP contribution in [-0.4, -0.2) is 5.11 Å². The molecule has 2 aromatic carbocycles. The lowest BCUT2D eigenvalue weighted by Gasteiger charge is -2.13. The molecule has 1 atom stereocenters. The van der Waals surface area contributed by atoms with E-state index in [1.165, 1.54) is 5.56 Å². The molecule has 0 aliphatic carbocycles. The van der Waals surface area contributed by atoms with Gasteiger partial charge in [-0.25, -0.2) is 0 Å². The van der Waals surface area contributed by atoms with Gasteiger partial charge in [0.25, 0.3) is 0 Å². The van der Waals surface area contributed by atoms with Gasteiger partial charge in [0.05, 0.1) is 6.10 Å². The first kappa shape index (κ1) is 14.1. The van der Waals surface area contributed by atoms with Crippen molar-refractivity contribution in [2.24, 2.45) is 0 Å². The lowest BCUT2D eigenvalue weighted by molar-refractivity contribution is 0.198. The van der Waals surface area contributed by atoms with Gasteiger partial charge in [-0.1, -0.05) is 34.1 Å². The van der Waals surface area contributed by atoms with Gasteiger partial charge in [0, 0.05) is 4.47 Å². The molecule has 2 nitrogen and oxygen atoms in total. The molecule has 3 heteroatoms. The molecular weight excluding hydrogens is 304 g/mol. The Hall–Kier alpha value is -1.32. The number of hydrogen-bond acceptors (Lipinski definition) is 2. The van der Waals surface area contributed by atoms with Crippen molar-refractivity contribution in [3.8, 4) is 11.5 Å². The Kier molecular flexibility index (Phi) is 4.27. The summed E-state index contributed by atoms with van der Waals surface area (Å²) in [5.41, 5.74) is 3.20. The largest absolute Gasteiger partial charge is 0.457 e. The van der Waals surface area contributed by atoms with Crippen molar-refractivity contribution in [3.63, 3.8) is 0 Å². The molecule has 1 unspecified atom stereocenters. The van der Waals surface area contributed by atoms with Gasteiger partial charge in [0.1, 0.15) is 11.5 Å². The minimum absolute atomic E-state index is 0.496. The van der Waals surface area contributed by atoms with Crippen LogP contribution in [0.15, 0.2) is 40.9 Å². The number of aryl methyl sites for hydroxylation is 1. The van der Waals surface area contributed by atoms with Crippen molar-refractivity contribution in [3.05, 3.63) is 57.6 Å². The van der Waals surface area contributed by atoms with Crippen LogP contribution in [0.2, 0.25) is 0 Å². The smallest absolute Gasteiger partial charge is 0.130 e. The monoisotopic (exact) mass is 320 g/mol. The molecule has 2 rings (SSSR count). The van der Waals surface area contributed by atoms with Crippen molar-refractivity contribution < 1.29 is 9.84 Å². The zero-order valence-corrected chi connectivity index (χ0v) is 12.9. The fourth-order valence-corrected chi connectivity index (χ4v) is 2.56. The minimum Gasteiger partial charge on any atom is -0.457 e. The molecule has 0 fully saturated rings. The third kappa shape index (κ3) is 3.17. The van der Waals surface area contributed by atoms with Crippen molar-refractivity contribution in [1.82, 2.24) is 0 Å². The van der Waals surface area contributed by atoms with Crippen LogP contribution in [0.3, 0.4) is 0 Å². The van der Waals surface area contributed by atoms with E-state index in [1.807, 2.05) is 37.3 Å². The highest BCUT2D eigenvalue weighted by Crippen LogP contribution is 2.31. The number of hydrogen-bond donors (Lipinski definition) is 1. The van der Waals surface area contributed by atoms with Gasteiger partial charge in [0.2, 0.25) is 0 Å². The molecule has 0 radical (unpaired) electrons. The van der Waals surface area contributed by atoms with Gasteiger partial charge in [-0.3, -0.25) is 0 Å². The number of benzene rings is 2. The van der Waals surface area contributed by atoms with Crippen LogP contribution < -0.4 is 4.74 Å².